The molecule has 0 aromatic heterocycles. The third-order valence-corrected chi connectivity index (χ3v) is 10.2. The maximum Gasteiger partial charge on any atom is 0.0897 e. The molecule has 0 radical (unpaired) electrons. The highest BCUT2D eigenvalue weighted by Crippen LogP contribution is 2.59. The van der Waals surface area contributed by atoms with Crippen LogP contribution in [0.4, 0.5) is 11.4 Å². The minimum absolute atomic E-state index is 0.0925. The summed E-state index contributed by atoms with van der Waals surface area (Å²) in [6.45, 7) is 11.1. The van der Waals surface area contributed by atoms with E-state index in [0.717, 1.165) is 18.8 Å². The van der Waals surface area contributed by atoms with Crippen molar-refractivity contribution in [2.45, 2.75) is 33.1 Å². The zero-order chi connectivity index (χ0) is 22.8. The summed E-state index contributed by atoms with van der Waals surface area (Å²) >= 11 is 0. The molecular formula is C28H34N3P. The van der Waals surface area contributed by atoms with Crippen LogP contribution >= 0.6 is 7.21 Å². The zero-order valence-electron chi connectivity index (χ0n) is 19.9. The molecule has 0 bridgehead atoms. The number of hydrogen-bond donors (Lipinski definition) is 0. The van der Waals surface area contributed by atoms with Crippen LogP contribution in [0.15, 0.2) is 101 Å². The quantitative estimate of drug-likeness (QED) is 0.370. The van der Waals surface area contributed by atoms with E-state index < -0.39 is 7.21 Å². The van der Waals surface area contributed by atoms with Crippen LogP contribution in [0.1, 0.15) is 33.3 Å². The fourth-order valence-corrected chi connectivity index (χ4v) is 8.58. The van der Waals surface area contributed by atoms with E-state index in [2.05, 4.69) is 135 Å². The summed E-state index contributed by atoms with van der Waals surface area (Å²) in [7, 11) is -0.0226. The van der Waals surface area contributed by atoms with Gasteiger partial charge in [0.2, 0.25) is 0 Å². The van der Waals surface area contributed by atoms with Crippen molar-refractivity contribution in [1.29, 1.82) is 0 Å². The van der Waals surface area contributed by atoms with Gasteiger partial charge in [-0.15, -0.1) is 0 Å². The van der Waals surface area contributed by atoms with Crippen LogP contribution in [0.3, 0.4) is 0 Å². The van der Waals surface area contributed by atoms with Crippen molar-refractivity contribution in [3.63, 3.8) is 0 Å². The summed E-state index contributed by atoms with van der Waals surface area (Å²) < 4.78 is 8.13. The summed E-state index contributed by atoms with van der Waals surface area (Å²) in [5.74, 6) is 2.52. The van der Waals surface area contributed by atoms with Crippen molar-refractivity contribution >= 4 is 23.9 Å². The highest BCUT2D eigenvalue weighted by molar-refractivity contribution is 7.74. The third kappa shape index (κ3) is 3.85. The molecule has 0 saturated heterocycles. The topological polar surface area (TPSA) is 18.8 Å². The Bertz CT molecular complexity index is 1150. The Morgan fingerprint density at radius 1 is 0.844 bits per heavy atom. The Morgan fingerprint density at radius 3 is 2.00 bits per heavy atom. The maximum atomic E-state index is 5.56. The number of anilines is 1. The Kier molecular flexibility index (Phi) is 6.42. The molecule has 0 amide bonds. The second kappa shape index (κ2) is 9.10. The average molecular weight is 444 g/mol. The Balaban J connectivity index is 2.06. The van der Waals surface area contributed by atoms with Crippen molar-refractivity contribution in [1.82, 2.24) is 4.67 Å². The van der Waals surface area contributed by atoms with Crippen molar-refractivity contribution < 1.29 is 0 Å². The lowest BCUT2D eigenvalue weighted by Gasteiger charge is -2.36. The normalized spacial score (nSPS) is 17.9. The first kappa shape index (κ1) is 22.6. The number of likely N-dealkylation sites (N-methyl/N-ethyl adjacent to an activating group) is 1. The predicted octanol–water partition coefficient (Wildman–Crippen LogP) is 7.37. The molecule has 0 aliphatic carbocycles. The van der Waals surface area contributed by atoms with Gasteiger partial charge in [-0.3, -0.25) is 4.67 Å². The molecule has 3 nitrogen and oxygen atoms in total. The molecule has 166 valence electrons. The number of allylic oxidation sites excluding steroid dienone is 1. The minimum Gasteiger partial charge on any atom is -0.347 e. The summed E-state index contributed by atoms with van der Waals surface area (Å²) in [5.41, 5.74) is 4.92. The predicted molar refractivity (Wildman–Crippen MR) is 140 cm³/mol. The van der Waals surface area contributed by atoms with E-state index in [0.29, 0.717) is 0 Å². The standard InChI is InChI=1S/C28H34N3P/c1-6-31(7-2)32(24-18-12-9-13-19-24,29-23-16-10-8-11-17-23)22-27-28(3,4)25-20-14-15-21-26(25)30(27)5/h8-22H,6-7H2,1-5H3/b27-22-/t32-/m1/s1. The van der Waals surface area contributed by atoms with Gasteiger partial charge in [0.1, 0.15) is 0 Å². The minimum atomic E-state index is -2.22. The van der Waals surface area contributed by atoms with Gasteiger partial charge in [0, 0.05) is 42.2 Å². The van der Waals surface area contributed by atoms with E-state index in [4.69, 9.17) is 4.74 Å². The highest BCUT2D eigenvalue weighted by atomic mass is 31.2. The number of fused-ring (bicyclic) bond motifs is 1. The zero-order valence-corrected chi connectivity index (χ0v) is 20.8. The number of para-hydroxylation sites is 1. The van der Waals surface area contributed by atoms with Gasteiger partial charge in [0.05, 0.1) is 12.9 Å². The monoisotopic (exact) mass is 443 g/mol. The van der Waals surface area contributed by atoms with E-state index >= 15 is 0 Å². The SMILES string of the molecule is CCN(CC)[P@@](/C=C1\N(C)c2ccccc2C1(C)C)(=Nc1ccccc1)c1ccccc1. The number of nitrogens with zero attached hydrogens (tertiary/aromatic N) is 3. The summed E-state index contributed by atoms with van der Waals surface area (Å²) in [5, 5.41) is 1.29. The molecule has 1 aliphatic heterocycles. The highest BCUT2D eigenvalue weighted by Gasteiger charge is 2.40. The van der Waals surface area contributed by atoms with Gasteiger partial charge in [-0.1, -0.05) is 94.4 Å². The number of hydrogen-bond acceptors (Lipinski definition) is 2. The third-order valence-electron chi connectivity index (χ3n) is 6.56. The molecule has 32 heavy (non-hydrogen) atoms. The van der Waals surface area contributed by atoms with E-state index in [1.165, 1.54) is 22.3 Å². The Labute approximate surface area is 193 Å². The second-order valence-electron chi connectivity index (χ2n) is 8.77. The van der Waals surface area contributed by atoms with Gasteiger partial charge in [-0.25, -0.2) is 4.74 Å². The Hall–Kier alpha value is -2.61. The molecule has 1 heterocycles. The number of benzene rings is 3. The number of rotatable bonds is 6. The molecule has 4 heteroatoms. The van der Waals surface area contributed by atoms with Crippen LogP contribution < -0.4 is 10.2 Å². The van der Waals surface area contributed by atoms with Gasteiger partial charge in [-0.2, -0.15) is 0 Å². The van der Waals surface area contributed by atoms with Crippen LogP contribution in [-0.4, -0.2) is 24.8 Å². The summed E-state index contributed by atoms with van der Waals surface area (Å²) in [6.07, 6.45) is 0. The molecule has 0 spiro atoms. The van der Waals surface area contributed by atoms with E-state index in [1.807, 2.05) is 0 Å². The van der Waals surface area contributed by atoms with Crippen LogP contribution in [0.25, 0.3) is 0 Å². The van der Waals surface area contributed by atoms with Crippen molar-refractivity contribution in [3.8, 4) is 0 Å². The van der Waals surface area contributed by atoms with Crippen molar-refractivity contribution in [2.75, 3.05) is 25.0 Å². The van der Waals surface area contributed by atoms with E-state index in [9.17, 15) is 0 Å². The van der Waals surface area contributed by atoms with Crippen LogP contribution in [0.5, 0.6) is 0 Å². The van der Waals surface area contributed by atoms with Crippen LogP contribution in [0, 0.1) is 0 Å². The van der Waals surface area contributed by atoms with Gasteiger partial charge in [-0.05, 0) is 29.6 Å². The first-order valence-electron chi connectivity index (χ1n) is 11.5. The first-order valence-corrected chi connectivity index (χ1v) is 13.2. The summed E-state index contributed by atoms with van der Waals surface area (Å²) in [6, 6.07) is 30.1. The lowest BCUT2D eigenvalue weighted by Crippen LogP contribution is -2.28. The average Bonchev–Trinajstić information content (AvgIpc) is 3.01. The largest absolute Gasteiger partial charge is 0.347 e. The van der Waals surface area contributed by atoms with Crippen molar-refractivity contribution in [2.24, 2.45) is 4.74 Å². The fourth-order valence-electron chi connectivity index (χ4n) is 4.84. The molecule has 1 aliphatic rings. The van der Waals surface area contributed by atoms with E-state index in [-0.39, 0.29) is 5.41 Å². The molecule has 0 saturated carbocycles. The lowest BCUT2D eigenvalue weighted by atomic mass is 9.84. The first-order chi connectivity index (χ1) is 15.4. The molecule has 3 aromatic rings. The molecule has 4 rings (SSSR count). The molecule has 3 aromatic carbocycles. The van der Waals surface area contributed by atoms with Crippen LogP contribution in [0.2, 0.25) is 0 Å². The van der Waals surface area contributed by atoms with Crippen molar-refractivity contribution in [3.05, 3.63) is 102 Å². The maximum absolute atomic E-state index is 5.56. The fraction of sp³-hybridized carbons (Fsp3) is 0.286. The van der Waals surface area contributed by atoms with E-state index in [1.54, 1.807) is 0 Å². The van der Waals surface area contributed by atoms with Gasteiger partial charge < -0.3 is 4.90 Å². The Morgan fingerprint density at radius 2 is 1.41 bits per heavy atom. The smallest absolute Gasteiger partial charge is 0.0897 e. The molecule has 1 atom stereocenters. The van der Waals surface area contributed by atoms with Crippen LogP contribution in [-0.2, 0) is 5.41 Å². The molecule has 0 unspecified atom stereocenters. The molecule has 0 fully saturated rings. The summed E-state index contributed by atoms with van der Waals surface area (Å²) in [4.78, 5) is 2.37. The second-order valence-corrected chi connectivity index (χ2v) is 11.6. The lowest BCUT2D eigenvalue weighted by molar-refractivity contribution is 0.508. The molecular weight excluding hydrogens is 409 g/mol. The molecule has 0 N–H and O–H groups in total. The van der Waals surface area contributed by atoms with Gasteiger partial charge >= 0.3 is 0 Å². The van der Waals surface area contributed by atoms with Gasteiger partial charge in [0.15, 0.2) is 0 Å². The van der Waals surface area contributed by atoms with Gasteiger partial charge in [0.25, 0.3) is 0 Å².